The summed E-state index contributed by atoms with van der Waals surface area (Å²) < 4.78 is 5.15. The molecule has 13 heavy (non-hydrogen) atoms. The SMILES string of the molecule is NNc1ccc2c(c1)NC(=O)CO2. The zero-order valence-corrected chi connectivity index (χ0v) is 6.83. The Labute approximate surface area is 74.8 Å². The van der Waals surface area contributed by atoms with Crippen LogP contribution in [0.3, 0.4) is 0 Å². The molecule has 1 heterocycles. The zero-order valence-electron chi connectivity index (χ0n) is 6.83. The van der Waals surface area contributed by atoms with E-state index in [1.807, 2.05) is 0 Å². The van der Waals surface area contributed by atoms with Crippen LogP contribution in [0.1, 0.15) is 0 Å². The number of carbonyl (C=O) groups is 1. The smallest absolute Gasteiger partial charge is 0.262 e. The van der Waals surface area contributed by atoms with E-state index < -0.39 is 0 Å². The Morgan fingerprint density at radius 1 is 1.54 bits per heavy atom. The summed E-state index contributed by atoms with van der Waals surface area (Å²) in [6.07, 6.45) is 0. The van der Waals surface area contributed by atoms with Crippen molar-refractivity contribution in [3.63, 3.8) is 0 Å². The topological polar surface area (TPSA) is 76.4 Å². The Hall–Kier alpha value is -1.75. The van der Waals surface area contributed by atoms with Gasteiger partial charge in [0.15, 0.2) is 6.61 Å². The quantitative estimate of drug-likeness (QED) is 0.428. The average molecular weight is 179 g/mol. The Balaban J connectivity index is 2.38. The Morgan fingerprint density at radius 3 is 3.15 bits per heavy atom. The van der Waals surface area contributed by atoms with E-state index in [9.17, 15) is 4.79 Å². The number of hydrazine groups is 1. The van der Waals surface area contributed by atoms with E-state index in [0.717, 1.165) is 5.69 Å². The van der Waals surface area contributed by atoms with Gasteiger partial charge in [0.2, 0.25) is 0 Å². The number of nitrogens with two attached hydrogens (primary N) is 1. The molecule has 1 aliphatic heterocycles. The number of anilines is 2. The van der Waals surface area contributed by atoms with Gasteiger partial charge < -0.3 is 15.5 Å². The number of hydrogen-bond donors (Lipinski definition) is 3. The van der Waals surface area contributed by atoms with Gasteiger partial charge in [-0.25, -0.2) is 0 Å². The highest BCUT2D eigenvalue weighted by atomic mass is 16.5. The van der Waals surface area contributed by atoms with E-state index in [1.165, 1.54) is 0 Å². The van der Waals surface area contributed by atoms with Crippen molar-refractivity contribution < 1.29 is 9.53 Å². The summed E-state index contributed by atoms with van der Waals surface area (Å²) in [7, 11) is 0. The molecular weight excluding hydrogens is 170 g/mol. The minimum atomic E-state index is -0.151. The van der Waals surface area contributed by atoms with Gasteiger partial charge in [-0.15, -0.1) is 0 Å². The number of nitrogen functional groups attached to an aromatic ring is 1. The minimum absolute atomic E-state index is 0.0718. The van der Waals surface area contributed by atoms with Gasteiger partial charge in [0.05, 0.1) is 11.4 Å². The largest absolute Gasteiger partial charge is 0.482 e. The highest BCUT2D eigenvalue weighted by Crippen LogP contribution is 2.29. The van der Waals surface area contributed by atoms with Crippen LogP contribution < -0.4 is 21.3 Å². The second kappa shape index (κ2) is 2.95. The summed E-state index contributed by atoms with van der Waals surface area (Å²) in [6.45, 7) is 0.0718. The zero-order chi connectivity index (χ0) is 9.26. The first-order valence-corrected chi connectivity index (χ1v) is 3.83. The third-order valence-electron chi connectivity index (χ3n) is 1.78. The first-order valence-electron chi connectivity index (χ1n) is 3.83. The summed E-state index contributed by atoms with van der Waals surface area (Å²) in [5.41, 5.74) is 3.86. The molecule has 0 spiro atoms. The van der Waals surface area contributed by atoms with Gasteiger partial charge in [0.1, 0.15) is 5.75 Å². The lowest BCUT2D eigenvalue weighted by Gasteiger charge is -2.18. The van der Waals surface area contributed by atoms with Crippen molar-refractivity contribution in [1.82, 2.24) is 0 Å². The lowest BCUT2D eigenvalue weighted by molar-refractivity contribution is -0.118. The Kier molecular flexibility index (Phi) is 1.79. The van der Waals surface area contributed by atoms with Crippen LogP contribution in [0.5, 0.6) is 5.75 Å². The molecule has 0 fully saturated rings. The maximum Gasteiger partial charge on any atom is 0.262 e. The number of benzene rings is 1. The lowest BCUT2D eigenvalue weighted by Crippen LogP contribution is -2.25. The number of amides is 1. The fourth-order valence-corrected chi connectivity index (χ4v) is 1.17. The van der Waals surface area contributed by atoms with Crippen molar-refractivity contribution >= 4 is 17.3 Å². The standard InChI is InChI=1S/C8H9N3O2/c9-11-5-1-2-7-6(3-5)10-8(12)4-13-7/h1-3,11H,4,9H2,(H,10,12). The first-order chi connectivity index (χ1) is 6.29. The van der Waals surface area contributed by atoms with E-state index in [-0.39, 0.29) is 12.5 Å². The predicted octanol–water partition coefficient (Wildman–Crippen LogP) is 0.303. The second-order valence-electron chi connectivity index (χ2n) is 2.69. The molecule has 4 N–H and O–H groups in total. The normalized spacial score (nSPS) is 14.1. The van der Waals surface area contributed by atoms with Crippen LogP contribution in [0.4, 0.5) is 11.4 Å². The van der Waals surface area contributed by atoms with Crippen LogP contribution in [-0.2, 0) is 4.79 Å². The van der Waals surface area contributed by atoms with Gasteiger partial charge in [-0.05, 0) is 18.2 Å². The van der Waals surface area contributed by atoms with Gasteiger partial charge in [0.25, 0.3) is 5.91 Å². The predicted molar refractivity (Wildman–Crippen MR) is 48.4 cm³/mol. The number of fused-ring (bicyclic) bond motifs is 1. The maximum absolute atomic E-state index is 10.9. The molecule has 5 heteroatoms. The van der Waals surface area contributed by atoms with Crippen molar-refractivity contribution in [1.29, 1.82) is 0 Å². The summed E-state index contributed by atoms with van der Waals surface area (Å²) in [6, 6.07) is 5.24. The number of rotatable bonds is 1. The molecule has 0 bridgehead atoms. The monoisotopic (exact) mass is 179 g/mol. The molecule has 0 saturated heterocycles. The van der Waals surface area contributed by atoms with E-state index in [4.69, 9.17) is 10.6 Å². The van der Waals surface area contributed by atoms with Crippen molar-refractivity contribution in [3.05, 3.63) is 18.2 Å². The number of carbonyl (C=O) groups excluding carboxylic acids is 1. The number of hydrogen-bond acceptors (Lipinski definition) is 4. The number of ether oxygens (including phenoxy) is 1. The van der Waals surface area contributed by atoms with Crippen LogP contribution in [0.2, 0.25) is 0 Å². The molecule has 0 aromatic heterocycles. The van der Waals surface area contributed by atoms with Crippen molar-refractivity contribution in [2.45, 2.75) is 0 Å². The van der Waals surface area contributed by atoms with E-state index in [2.05, 4.69) is 10.7 Å². The van der Waals surface area contributed by atoms with Gasteiger partial charge in [-0.3, -0.25) is 10.6 Å². The van der Waals surface area contributed by atoms with Crippen molar-refractivity contribution in [2.24, 2.45) is 5.84 Å². The molecule has 0 saturated carbocycles. The Bertz CT molecular complexity index is 351. The highest BCUT2D eigenvalue weighted by Gasteiger charge is 2.15. The van der Waals surface area contributed by atoms with Gasteiger partial charge in [0, 0.05) is 0 Å². The lowest BCUT2D eigenvalue weighted by atomic mass is 10.2. The average Bonchev–Trinajstić information content (AvgIpc) is 2.16. The molecule has 68 valence electrons. The van der Waals surface area contributed by atoms with Gasteiger partial charge in [-0.2, -0.15) is 0 Å². The molecule has 0 atom stereocenters. The van der Waals surface area contributed by atoms with Crippen molar-refractivity contribution in [2.75, 3.05) is 17.3 Å². The van der Waals surface area contributed by atoms with Gasteiger partial charge >= 0.3 is 0 Å². The maximum atomic E-state index is 10.9. The molecule has 0 radical (unpaired) electrons. The van der Waals surface area contributed by atoms with Crippen LogP contribution in [0.15, 0.2) is 18.2 Å². The molecular formula is C8H9N3O2. The van der Waals surface area contributed by atoms with Crippen LogP contribution >= 0.6 is 0 Å². The molecule has 0 unspecified atom stereocenters. The molecule has 5 nitrogen and oxygen atoms in total. The second-order valence-corrected chi connectivity index (χ2v) is 2.69. The molecule has 1 aromatic rings. The van der Waals surface area contributed by atoms with E-state index in [0.29, 0.717) is 11.4 Å². The van der Waals surface area contributed by atoms with Gasteiger partial charge in [-0.1, -0.05) is 0 Å². The molecule has 1 amide bonds. The number of nitrogens with one attached hydrogen (secondary N) is 2. The third-order valence-corrected chi connectivity index (χ3v) is 1.78. The van der Waals surface area contributed by atoms with Crippen LogP contribution in [0.25, 0.3) is 0 Å². The van der Waals surface area contributed by atoms with Crippen LogP contribution in [-0.4, -0.2) is 12.5 Å². The molecule has 1 aliphatic rings. The van der Waals surface area contributed by atoms with E-state index >= 15 is 0 Å². The van der Waals surface area contributed by atoms with Crippen LogP contribution in [0, 0.1) is 0 Å². The summed E-state index contributed by atoms with van der Waals surface area (Å²) in [4.78, 5) is 10.9. The van der Waals surface area contributed by atoms with E-state index in [1.54, 1.807) is 18.2 Å². The molecule has 2 rings (SSSR count). The molecule has 0 aliphatic carbocycles. The molecule has 1 aromatic carbocycles. The third kappa shape index (κ3) is 1.41. The Morgan fingerprint density at radius 2 is 2.38 bits per heavy atom. The summed E-state index contributed by atoms with van der Waals surface area (Å²) >= 11 is 0. The first kappa shape index (κ1) is 7.88. The fraction of sp³-hybridized carbons (Fsp3) is 0.125. The summed E-state index contributed by atoms with van der Waals surface area (Å²) in [5.74, 6) is 5.73. The highest BCUT2D eigenvalue weighted by molar-refractivity contribution is 5.95. The van der Waals surface area contributed by atoms with Crippen molar-refractivity contribution in [3.8, 4) is 5.75 Å². The fourth-order valence-electron chi connectivity index (χ4n) is 1.17. The minimum Gasteiger partial charge on any atom is -0.482 e. The summed E-state index contributed by atoms with van der Waals surface area (Å²) in [5, 5.41) is 2.68.